The second-order valence-corrected chi connectivity index (χ2v) is 11.7. The molecule has 3 aromatic rings. The highest BCUT2D eigenvalue weighted by Crippen LogP contribution is 2.42. The third kappa shape index (κ3) is 6.24. The fourth-order valence-corrected chi connectivity index (χ4v) is 6.23. The molecule has 1 atom stereocenters. The standard InChI is InChI=1S/C33H40N8O2/c1-3-41(27-10-11-29-28(18-27)31(38-37-29)24-6-7-24)33(43)26-12-15-39(19-26)20-30(42)40-16-13-23(14-17-40)22-4-8-25(9-5-22)32(34)36-21-35-2/h4-5,8-11,13,18,21,24,26H,3,6-7,12,14-17,19-20H2,1-2H3,(H,37,38)(H2,34,35,36). The van der Waals surface area contributed by atoms with E-state index in [9.17, 15) is 9.59 Å². The highest BCUT2D eigenvalue weighted by Gasteiger charge is 2.34. The quantitative estimate of drug-likeness (QED) is 0.295. The van der Waals surface area contributed by atoms with Crippen molar-refractivity contribution in [3.63, 3.8) is 0 Å². The molecule has 10 nitrogen and oxygen atoms in total. The number of carbonyl (C=O) groups excluding carboxylic acids is 2. The lowest BCUT2D eigenvalue weighted by molar-refractivity contribution is -0.132. The molecule has 2 aromatic carbocycles. The summed E-state index contributed by atoms with van der Waals surface area (Å²) in [7, 11) is 1.65. The fraction of sp³-hybridized carbons (Fsp3) is 0.424. The van der Waals surface area contributed by atoms with Crippen molar-refractivity contribution < 1.29 is 9.59 Å². The summed E-state index contributed by atoms with van der Waals surface area (Å²) >= 11 is 0. The molecule has 0 bridgehead atoms. The summed E-state index contributed by atoms with van der Waals surface area (Å²) in [5, 5.41) is 8.78. The van der Waals surface area contributed by atoms with Gasteiger partial charge in [-0.25, -0.2) is 4.99 Å². The average Bonchev–Trinajstić information content (AvgIpc) is 3.62. The smallest absolute Gasteiger partial charge is 0.237 e. The van der Waals surface area contributed by atoms with Crippen molar-refractivity contribution in [1.29, 1.82) is 0 Å². The number of benzene rings is 2. The van der Waals surface area contributed by atoms with Crippen LogP contribution in [0.3, 0.4) is 0 Å². The highest BCUT2D eigenvalue weighted by atomic mass is 16.2. The molecule has 3 N–H and O–H groups in total. The van der Waals surface area contributed by atoms with E-state index in [0.29, 0.717) is 44.5 Å². The summed E-state index contributed by atoms with van der Waals surface area (Å²) in [5.74, 6) is 1.13. The zero-order valence-corrected chi connectivity index (χ0v) is 25.0. The number of nitrogens with zero attached hydrogens (tertiary/aromatic N) is 6. The van der Waals surface area contributed by atoms with Gasteiger partial charge in [0.05, 0.1) is 18.0 Å². The molecule has 1 aliphatic carbocycles. The molecule has 1 saturated carbocycles. The topological polar surface area (TPSA) is 123 Å². The largest absolute Gasteiger partial charge is 0.383 e. The van der Waals surface area contributed by atoms with E-state index in [0.717, 1.165) is 47.1 Å². The number of hydrogen-bond acceptors (Lipinski definition) is 5. The Morgan fingerprint density at radius 3 is 2.65 bits per heavy atom. The van der Waals surface area contributed by atoms with Gasteiger partial charge in [-0.15, -0.1) is 0 Å². The highest BCUT2D eigenvalue weighted by molar-refractivity contribution is 6.01. The Kier molecular flexibility index (Phi) is 8.38. The minimum Gasteiger partial charge on any atom is -0.383 e. The summed E-state index contributed by atoms with van der Waals surface area (Å²) in [6, 6.07) is 14.1. The number of H-pyrrole nitrogens is 1. The van der Waals surface area contributed by atoms with Crippen LogP contribution >= 0.6 is 0 Å². The Labute approximate surface area is 252 Å². The third-order valence-electron chi connectivity index (χ3n) is 8.85. The number of nitrogens with one attached hydrogen (secondary N) is 1. The van der Waals surface area contributed by atoms with Crippen molar-refractivity contribution in [2.75, 3.05) is 51.2 Å². The number of aliphatic imine (C=N–C) groups is 2. The van der Waals surface area contributed by atoms with E-state index in [1.54, 1.807) is 7.05 Å². The fourth-order valence-electron chi connectivity index (χ4n) is 6.23. The van der Waals surface area contributed by atoms with Crippen LogP contribution in [0.4, 0.5) is 5.69 Å². The summed E-state index contributed by atoms with van der Waals surface area (Å²) < 4.78 is 0. The van der Waals surface area contributed by atoms with Crippen LogP contribution in [0.15, 0.2) is 58.5 Å². The Bertz CT molecular complexity index is 1580. The molecule has 3 aliphatic rings. The van der Waals surface area contributed by atoms with E-state index in [1.165, 1.54) is 30.4 Å². The molecule has 2 aliphatic heterocycles. The van der Waals surface area contributed by atoms with E-state index in [1.807, 2.05) is 53.1 Å². The molecule has 0 spiro atoms. The van der Waals surface area contributed by atoms with Crippen molar-refractivity contribution in [2.45, 2.75) is 38.5 Å². The number of aromatic amines is 1. The van der Waals surface area contributed by atoms with Crippen molar-refractivity contribution in [2.24, 2.45) is 21.6 Å². The molecule has 1 saturated heterocycles. The van der Waals surface area contributed by atoms with Crippen LogP contribution in [0, 0.1) is 5.92 Å². The number of amidine groups is 1. The molecule has 224 valence electrons. The van der Waals surface area contributed by atoms with Crippen molar-refractivity contribution >= 4 is 46.2 Å². The average molecular weight is 581 g/mol. The van der Waals surface area contributed by atoms with Gasteiger partial charge in [-0.2, -0.15) is 5.10 Å². The number of hydrogen-bond donors (Lipinski definition) is 2. The number of rotatable bonds is 9. The van der Waals surface area contributed by atoms with Gasteiger partial charge in [0.15, 0.2) is 0 Å². The minimum atomic E-state index is -0.111. The first-order valence-electron chi connectivity index (χ1n) is 15.3. The Morgan fingerprint density at radius 1 is 1.14 bits per heavy atom. The van der Waals surface area contributed by atoms with Crippen LogP contribution in [0.5, 0.6) is 0 Å². The first kappa shape index (κ1) is 28.8. The molecule has 0 radical (unpaired) electrons. The van der Waals surface area contributed by atoms with Crippen molar-refractivity contribution in [3.8, 4) is 0 Å². The maximum absolute atomic E-state index is 13.6. The van der Waals surface area contributed by atoms with Gasteiger partial charge < -0.3 is 15.5 Å². The van der Waals surface area contributed by atoms with Gasteiger partial charge in [-0.05, 0) is 68.5 Å². The second-order valence-electron chi connectivity index (χ2n) is 11.7. The summed E-state index contributed by atoms with van der Waals surface area (Å²) in [5.41, 5.74) is 12.3. The van der Waals surface area contributed by atoms with Crippen molar-refractivity contribution in [1.82, 2.24) is 20.0 Å². The lowest BCUT2D eigenvalue weighted by Gasteiger charge is -2.29. The molecule has 3 heterocycles. The normalized spacial score (nSPS) is 19.8. The maximum atomic E-state index is 13.6. The van der Waals surface area contributed by atoms with Gasteiger partial charge >= 0.3 is 0 Å². The van der Waals surface area contributed by atoms with Gasteiger partial charge in [0.1, 0.15) is 12.2 Å². The number of amides is 2. The molecule has 43 heavy (non-hydrogen) atoms. The predicted molar refractivity (Wildman–Crippen MR) is 171 cm³/mol. The van der Waals surface area contributed by atoms with Crippen LogP contribution in [-0.2, 0) is 9.59 Å². The van der Waals surface area contributed by atoms with E-state index in [-0.39, 0.29) is 17.7 Å². The van der Waals surface area contributed by atoms with Gasteiger partial charge in [0, 0.05) is 61.5 Å². The Balaban J connectivity index is 1.03. The zero-order valence-electron chi connectivity index (χ0n) is 25.0. The molecule has 6 rings (SSSR count). The van der Waals surface area contributed by atoms with E-state index in [4.69, 9.17) is 5.73 Å². The van der Waals surface area contributed by atoms with Crippen LogP contribution < -0.4 is 10.6 Å². The second kappa shape index (κ2) is 12.5. The molecule has 1 aromatic heterocycles. The van der Waals surface area contributed by atoms with Crippen LogP contribution in [-0.4, -0.2) is 90.3 Å². The summed E-state index contributed by atoms with van der Waals surface area (Å²) in [6.45, 7) is 5.61. The number of nitrogens with two attached hydrogens (primary N) is 1. The van der Waals surface area contributed by atoms with Gasteiger partial charge in [-0.3, -0.25) is 24.6 Å². The van der Waals surface area contributed by atoms with Gasteiger partial charge in [0.25, 0.3) is 0 Å². The molecule has 10 heteroatoms. The van der Waals surface area contributed by atoms with Crippen molar-refractivity contribution in [3.05, 3.63) is 65.4 Å². The summed E-state index contributed by atoms with van der Waals surface area (Å²) in [4.78, 5) is 40.7. The number of carbonyl (C=O) groups is 2. The maximum Gasteiger partial charge on any atom is 0.237 e. The lowest BCUT2D eigenvalue weighted by atomic mass is 9.98. The monoisotopic (exact) mass is 580 g/mol. The predicted octanol–water partition coefficient (Wildman–Crippen LogP) is 3.79. The first-order chi connectivity index (χ1) is 20.9. The number of likely N-dealkylation sites (tertiary alicyclic amines) is 1. The third-order valence-corrected chi connectivity index (χ3v) is 8.85. The summed E-state index contributed by atoms with van der Waals surface area (Å²) in [6.07, 6.45) is 7.53. The SMILES string of the molecule is CCN(C(=O)C1CCN(CC(=O)N2CC=C(c3ccc(C(N)=NC=NC)cc3)CC2)C1)c1ccc2n[nH]c(C3CC3)c2c1. The van der Waals surface area contributed by atoms with E-state index in [2.05, 4.69) is 37.2 Å². The molecular formula is C33H40N8O2. The van der Waals surface area contributed by atoms with Crippen LogP contribution in [0.25, 0.3) is 16.5 Å². The lowest BCUT2D eigenvalue weighted by Crippen LogP contribution is -2.42. The number of anilines is 1. The molecular weight excluding hydrogens is 540 g/mol. The molecule has 1 unspecified atom stereocenters. The van der Waals surface area contributed by atoms with E-state index < -0.39 is 0 Å². The molecule has 2 amide bonds. The van der Waals surface area contributed by atoms with Crippen LogP contribution in [0.2, 0.25) is 0 Å². The number of aromatic nitrogens is 2. The van der Waals surface area contributed by atoms with E-state index >= 15 is 0 Å². The van der Waals surface area contributed by atoms with Gasteiger partial charge in [0.2, 0.25) is 11.8 Å². The Morgan fingerprint density at radius 2 is 1.95 bits per heavy atom. The zero-order chi connectivity index (χ0) is 29.9. The molecule has 2 fully saturated rings. The minimum absolute atomic E-state index is 0.111. The van der Waals surface area contributed by atoms with Gasteiger partial charge in [-0.1, -0.05) is 30.3 Å². The first-order valence-corrected chi connectivity index (χ1v) is 15.3. The van der Waals surface area contributed by atoms with Crippen LogP contribution in [0.1, 0.15) is 55.3 Å². The Hall–Kier alpha value is -4.31. The number of fused-ring (bicyclic) bond motifs is 1.